The molecular formula is C16H14Cl2N6O3. The highest BCUT2D eigenvalue weighted by Crippen LogP contribution is 2.25. The van der Waals surface area contributed by atoms with Gasteiger partial charge in [0.05, 0.1) is 11.5 Å². The molecule has 0 aliphatic carbocycles. The van der Waals surface area contributed by atoms with Crippen LogP contribution in [0.3, 0.4) is 0 Å². The van der Waals surface area contributed by atoms with E-state index in [1.54, 1.807) is 42.1 Å². The van der Waals surface area contributed by atoms with E-state index in [-0.39, 0.29) is 17.2 Å². The van der Waals surface area contributed by atoms with Gasteiger partial charge >= 0.3 is 5.69 Å². The van der Waals surface area contributed by atoms with Gasteiger partial charge in [-0.1, -0.05) is 29.3 Å². The van der Waals surface area contributed by atoms with E-state index in [0.29, 0.717) is 28.7 Å². The maximum absolute atomic E-state index is 12.5. The van der Waals surface area contributed by atoms with Gasteiger partial charge in [-0.3, -0.25) is 24.3 Å². The van der Waals surface area contributed by atoms with Crippen molar-refractivity contribution < 1.29 is 9.72 Å². The molecule has 3 rings (SSSR count). The first-order valence-corrected chi connectivity index (χ1v) is 8.64. The fourth-order valence-electron chi connectivity index (χ4n) is 2.52. The third-order valence-corrected chi connectivity index (χ3v) is 4.50. The summed E-state index contributed by atoms with van der Waals surface area (Å²) in [4.78, 5) is 22.9. The van der Waals surface area contributed by atoms with E-state index in [0.717, 1.165) is 6.20 Å². The maximum Gasteiger partial charge on any atom is 0.320 e. The van der Waals surface area contributed by atoms with Crippen molar-refractivity contribution in [2.75, 3.05) is 5.32 Å². The molecule has 0 saturated carbocycles. The zero-order valence-corrected chi connectivity index (χ0v) is 15.6. The lowest BCUT2D eigenvalue weighted by molar-refractivity contribution is -0.385. The van der Waals surface area contributed by atoms with Crippen molar-refractivity contribution in [2.45, 2.75) is 20.0 Å². The predicted octanol–water partition coefficient (Wildman–Crippen LogP) is 3.62. The number of hydrogen-bond acceptors (Lipinski definition) is 5. The van der Waals surface area contributed by atoms with Gasteiger partial charge in [0.25, 0.3) is 5.91 Å². The third-order valence-electron chi connectivity index (χ3n) is 3.80. The molecule has 0 aliphatic rings. The molecule has 0 bridgehead atoms. The number of halogens is 2. The predicted molar refractivity (Wildman–Crippen MR) is 100 cm³/mol. The van der Waals surface area contributed by atoms with Crippen LogP contribution in [0.1, 0.15) is 23.0 Å². The van der Waals surface area contributed by atoms with Crippen LogP contribution in [-0.2, 0) is 13.1 Å². The number of aromatic nitrogens is 4. The first-order valence-electron chi connectivity index (χ1n) is 7.88. The number of aryl methyl sites for hydroxylation is 1. The Labute approximate surface area is 163 Å². The summed E-state index contributed by atoms with van der Waals surface area (Å²) in [5.74, 6) is -0.427. The molecule has 0 radical (unpaired) electrons. The molecule has 0 saturated heterocycles. The summed E-state index contributed by atoms with van der Waals surface area (Å²) in [6.45, 7) is 2.35. The van der Waals surface area contributed by atoms with E-state index in [4.69, 9.17) is 23.2 Å². The van der Waals surface area contributed by atoms with E-state index < -0.39 is 10.8 Å². The van der Waals surface area contributed by atoms with E-state index >= 15 is 0 Å². The molecule has 0 atom stereocenters. The highest BCUT2D eigenvalue weighted by Gasteiger charge is 2.26. The number of rotatable bonds is 6. The van der Waals surface area contributed by atoms with E-state index in [9.17, 15) is 14.9 Å². The Kier molecular flexibility index (Phi) is 5.43. The molecule has 1 N–H and O–H groups in total. The third kappa shape index (κ3) is 3.93. The molecule has 11 heteroatoms. The van der Waals surface area contributed by atoms with Crippen LogP contribution in [-0.4, -0.2) is 30.4 Å². The van der Waals surface area contributed by atoms with Crippen molar-refractivity contribution in [2.24, 2.45) is 0 Å². The molecule has 9 nitrogen and oxygen atoms in total. The summed E-state index contributed by atoms with van der Waals surface area (Å²) in [5, 5.41) is 22.8. The zero-order valence-electron chi connectivity index (χ0n) is 14.1. The van der Waals surface area contributed by atoms with Gasteiger partial charge in [0.2, 0.25) is 5.69 Å². The highest BCUT2D eigenvalue weighted by molar-refractivity contribution is 6.35. The molecule has 0 unspecified atom stereocenters. The standard InChI is InChI=1S/C16H14Cl2N6O3/c1-2-23-15(13(8-19-23)24(26)27)16(25)20-14-6-7-22(21-14)9-10-11(17)4-3-5-12(10)18/h3-8H,2,9H2,1H3,(H,20,21,25). The van der Waals surface area contributed by atoms with Crippen molar-refractivity contribution in [3.63, 3.8) is 0 Å². The average Bonchev–Trinajstić information content (AvgIpc) is 3.24. The molecule has 0 fully saturated rings. The van der Waals surface area contributed by atoms with Crippen LogP contribution in [0, 0.1) is 10.1 Å². The summed E-state index contributed by atoms with van der Waals surface area (Å²) >= 11 is 12.3. The fourth-order valence-corrected chi connectivity index (χ4v) is 3.04. The van der Waals surface area contributed by atoms with Crippen LogP contribution >= 0.6 is 23.2 Å². The van der Waals surface area contributed by atoms with Crippen molar-refractivity contribution >= 4 is 40.6 Å². The van der Waals surface area contributed by atoms with Crippen molar-refractivity contribution in [1.29, 1.82) is 0 Å². The Hall–Kier alpha value is -2.91. The normalized spacial score (nSPS) is 10.8. The Bertz CT molecular complexity index is 993. The van der Waals surface area contributed by atoms with Crippen LogP contribution in [0.5, 0.6) is 0 Å². The number of amides is 1. The molecule has 3 aromatic rings. The Morgan fingerprint density at radius 3 is 2.63 bits per heavy atom. The smallest absolute Gasteiger partial charge is 0.304 e. The second-order valence-corrected chi connectivity index (χ2v) is 6.32. The van der Waals surface area contributed by atoms with Crippen molar-refractivity contribution in [3.05, 3.63) is 68.1 Å². The van der Waals surface area contributed by atoms with Gasteiger partial charge in [-0.25, -0.2) is 0 Å². The molecule has 2 aromatic heterocycles. The summed E-state index contributed by atoms with van der Waals surface area (Å²) in [5.41, 5.74) is 0.198. The molecule has 27 heavy (non-hydrogen) atoms. The lowest BCUT2D eigenvalue weighted by atomic mass is 10.2. The average molecular weight is 409 g/mol. The molecule has 140 valence electrons. The minimum Gasteiger partial charge on any atom is -0.304 e. The highest BCUT2D eigenvalue weighted by atomic mass is 35.5. The van der Waals surface area contributed by atoms with Gasteiger partial charge in [-0.2, -0.15) is 10.2 Å². The van der Waals surface area contributed by atoms with Gasteiger partial charge in [-0.05, 0) is 19.1 Å². The largest absolute Gasteiger partial charge is 0.320 e. The first kappa shape index (κ1) is 18.9. The van der Waals surface area contributed by atoms with Gasteiger partial charge < -0.3 is 5.32 Å². The summed E-state index contributed by atoms with van der Waals surface area (Å²) in [6, 6.07) is 6.76. The van der Waals surface area contributed by atoms with Gasteiger partial charge in [0.15, 0.2) is 5.82 Å². The Morgan fingerprint density at radius 1 is 1.30 bits per heavy atom. The SMILES string of the molecule is CCn1ncc([N+](=O)[O-])c1C(=O)Nc1ccn(Cc2c(Cl)cccc2Cl)n1. The minimum atomic E-state index is -0.665. The lowest BCUT2D eigenvalue weighted by Gasteiger charge is -2.07. The fraction of sp³-hybridized carbons (Fsp3) is 0.188. The monoisotopic (exact) mass is 408 g/mol. The molecule has 1 amide bonds. The van der Waals surface area contributed by atoms with E-state index in [1.807, 2.05) is 0 Å². The van der Waals surface area contributed by atoms with Gasteiger partial charge in [-0.15, -0.1) is 0 Å². The number of hydrogen-bond donors (Lipinski definition) is 1. The number of nitrogens with one attached hydrogen (secondary N) is 1. The number of benzene rings is 1. The van der Waals surface area contributed by atoms with Crippen LogP contribution < -0.4 is 5.32 Å². The number of nitro groups is 1. The minimum absolute atomic E-state index is 0.133. The van der Waals surface area contributed by atoms with Crippen LogP contribution in [0.15, 0.2) is 36.7 Å². The van der Waals surface area contributed by atoms with E-state index in [2.05, 4.69) is 15.5 Å². The molecule has 1 aromatic carbocycles. The quantitative estimate of drug-likeness (QED) is 0.494. The van der Waals surface area contributed by atoms with Crippen molar-refractivity contribution in [1.82, 2.24) is 19.6 Å². The van der Waals surface area contributed by atoms with Crippen molar-refractivity contribution in [3.8, 4) is 0 Å². The Balaban J connectivity index is 1.79. The summed E-state index contributed by atoms with van der Waals surface area (Å²) < 4.78 is 2.81. The number of anilines is 1. The van der Waals surface area contributed by atoms with Gasteiger partial charge in [0.1, 0.15) is 6.20 Å². The lowest BCUT2D eigenvalue weighted by Crippen LogP contribution is -2.19. The second kappa shape index (κ2) is 7.77. The van der Waals surface area contributed by atoms with E-state index in [1.165, 1.54) is 4.68 Å². The number of carbonyl (C=O) groups is 1. The second-order valence-electron chi connectivity index (χ2n) is 5.50. The number of carbonyl (C=O) groups excluding carboxylic acids is 1. The molecule has 2 heterocycles. The Morgan fingerprint density at radius 2 is 2.00 bits per heavy atom. The zero-order chi connectivity index (χ0) is 19.6. The molecule has 0 spiro atoms. The van der Waals surface area contributed by atoms with Crippen LogP contribution in [0.2, 0.25) is 10.0 Å². The maximum atomic E-state index is 12.5. The topological polar surface area (TPSA) is 108 Å². The molecule has 0 aliphatic heterocycles. The summed E-state index contributed by atoms with van der Waals surface area (Å²) in [7, 11) is 0. The molecular weight excluding hydrogens is 395 g/mol. The first-order chi connectivity index (χ1) is 12.9. The van der Waals surface area contributed by atoms with Gasteiger partial charge in [0, 0.05) is 34.4 Å². The number of nitrogens with zero attached hydrogens (tertiary/aromatic N) is 5. The summed E-state index contributed by atoms with van der Waals surface area (Å²) in [6.07, 6.45) is 2.69. The van der Waals surface area contributed by atoms with Crippen LogP contribution in [0.25, 0.3) is 0 Å². The van der Waals surface area contributed by atoms with Crippen LogP contribution in [0.4, 0.5) is 11.5 Å².